The number of hydrogen-bond donors (Lipinski definition) is 3. The number of aliphatic hydroxyl groups excluding tert-OH is 1. The molecule has 11 heteroatoms. The van der Waals surface area contributed by atoms with Gasteiger partial charge in [0.25, 0.3) is 0 Å². The monoisotopic (exact) mass is 495 g/mol. The molecule has 2 aliphatic rings. The Balaban J connectivity index is 1.16. The van der Waals surface area contributed by atoms with Crippen LogP contribution in [0.4, 0.5) is 16.2 Å². The maximum atomic E-state index is 12.5. The third kappa shape index (κ3) is 5.02. The highest BCUT2D eigenvalue weighted by Crippen LogP contribution is 2.35. The molecule has 182 valence electrons. The molecule has 0 saturated carbocycles. The molecule has 35 heavy (non-hydrogen) atoms. The molecule has 0 aliphatic carbocycles. The van der Waals surface area contributed by atoms with Crippen LogP contribution in [0.25, 0.3) is 11.0 Å². The van der Waals surface area contributed by atoms with Crippen molar-refractivity contribution in [2.45, 2.75) is 30.1 Å². The predicted molar refractivity (Wildman–Crippen MR) is 132 cm³/mol. The number of anilines is 2. The molecule has 2 aromatic heterocycles. The lowest BCUT2D eigenvalue weighted by molar-refractivity contribution is -0.113. The Morgan fingerprint density at radius 2 is 2.20 bits per heavy atom. The van der Waals surface area contributed by atoms with E-state index in [1.54, 1.807) is 25.4 Å². The Morgan fingerprint density at radius 1 is 1.31 bits per heavy atom. The van der Waals surface area contributed by atoms with Crippen molar-refractivity contribution < 1.29 is 24.2 Å². The number of ether oxygens (including phenoxy) is 2. The van der Waals surface area contributed by atoms with Gasteiger partial charge in [-0.05, 0) is 48.9 Å². The Hall–Kier alpha value is -3.41. The van der Waals surface area contributed by atoms with E-state index in [1.165, 1.54) is 16.7 Å². The van der Waals surface area contributed by atoms with Crippen molar-refractivity contribution in [1.82, 2.24) is 15.3 Å². The van der Waals surface area contributed by atoms with E-state index in [-0.39, 0.29) is 12.5 Å². The van der Waals surface area contributed by atoms with Gasteiger partial charge in [-0.2, -0.15) is 0 Å². The largest absolute Gasteiger partial charge is 0.481 e. The molecule has 0 radical (unpaired) electrons. The summed E-state index contributed by atoms with van der Waals surface area (Å²) in [6, 6.07) is 11.0. The van der Waals surface area contributed by atoms with Crippen LogP contribution < -0.4 is 20.3 Å². The number of aromatic nitrogens is 2. The molecular formula is C24H25N5O5S. The number of fused-ring (bicyclic) bond motifs is 2. The molecule has 0 bridgehead atoms. The van der Waals surface area contributed by atoms with Gasteiger partial charge in [-0.15, -0.1) is 11.8 Å². The number of pyridine rings is 2. The van der Waals surface area contributed by atoms with Crippen LogP contribution >= 0.6 is 11.8 Å². The second-order valence-corrected chi connectivity index (χ2v) is 9.29. The quantitative estimate of drug-likeness (QED) is 0.404. The van der Waals surface area contributed by atoms with Crippen molar-refractivity contribution in [3.63, 3.8) is 0 Å². The maximum Gasteiger partial charge on any atom is 0.414 e. The van der Waals surface area contributed by atoms with E-state index >= 15 is 0 Å². The highest BCUT2D eigenvalue weighted by atomic mass is 32.2. The number of carbonyl (C=O) groups excluding carboxylic acids is 2. The van der Waals surface area contributed by atoms with Crippen LogP contribution in [0.15, 0.2) is 47.5 Å². The van der Waals surface area contributed by atoms with E-state index in [4.69, 9.17) is 9.47 Å². The van der Waals surface area contributed by atoms with E-state index in [1.807, 2.05) is 24.3 Å². The summed E-state index contributed by atoms with van der Waals surface area (Å²) in [6.45, 7) is 1.30. The van der Waals surface area contributed by atoms with E-state index in [0.29, 0.717) is 42.5 Å². The lowest BCUT2D eigenvalue weighted by Gasteiger charge is -2.20. The molecule has 1 unspecified atom stereocenters. The molecule has 5 rings (SSSR count). The first-order valence-electron chi connectivity index (χ1n) is 11.2. The summed E-state index contributed by atoms with van der Waals surface area (Å²) in [4.78, 5) is 35.4. The predicted octanol–water partition coefficient (Wildman–Crippen LogP) is 2.55. The number of rotatable bonds is 8. The van der Waals surface area contributed by atoms with Gasteiger partial charge in [0, 0.05) is 29.4 Å². The minimum absolute atomic E-state index is 0.0703. The Labute approximate surface area is 206 Å². The topological polar surface area (TPSA) is 126 Å². The van der Waals surface area contributed by atoms with E-state index < -0.39 is 18.3 Å². The average molecular weight is 496 g/mol. The summed E-state index contributed by atoms with van der Waals surface area (Å²) >= 11 is 1.46. The lowest BCUT2D eigenvalue weighted by Crippen LogP contribution is -2.33. The molecule has 1 saturated heterocycles. The second kappa shape index (κ2) is 10.1. The van der Waals surface area contributed by atoms with Gasteiger partial charge in [-0.25, -0.2) is 9.78 Å². The second-order valence-electron chi connectivity index (χ2n) is 8.27. The van der Waals surface area contributed by atoms with Crippen LogP contribution in [-0.2, 0) is 16.1 Å². The SMILES string of the molecule is COc1ccc2nccc(CNCC[C@H](O)C3CN(c4ccc5c(c4)NC(=O)CS5)C(=O)O3)c2n1. The smallest absolute Gasteiger partial charge is 0.414 e. The highest BCUT2D eigenvalue weighted by Gasteiger charge is 2.37. The third-order valence-electron chi connectivity index (χ3n) is 5.96. The molecule has 3 N–H and O–H groups in total. The van der Waals surface area contributed by atoms with Gasteiger partial charge in [-0.3, -0.25) is 14.7 Å². The van der Waals surface area contributed by atoms with Crippen molar-refractivity contribution in [2.24, 2.45) is 0 Å². The molecule has 2 amide bonds. The molecule has 10 nitrogen and oxygen atoms in total. The number of aliphatic hydroxyl groups is 1. The van der Waals surface area contributed by atoms with Crippen molar-refractivity contribution in [1.29, 1.82) is 0 Å². The summed E-state index contributed by atoms with van der Waals surface area (Å²) in [5.74, 6) is 0.830. The number of nitrogens with zero attached hydrogens (tertiary/aromatic N) is 3. The minimum Gasteiger partial charge on any atom is -0.481 e. The fraction of sp³-hybridized carbons (Fsp3) is 0.333. The Bertz CT molecular complexity index is 1270. The molecule has 1 aromatic carbocycles. The van der Waals surface area contributed by atoms with Crippen molar-refractivity contribution in [3.8, 4) is 5.88 Å². The van der Waals surface area contributed by atoms with Crippen molar-refractivity contribution >= 4 is 46.2 Å². The van der Waals surface area contributed by atoms with Gasteiger partial charge in [-0.1, -0.05) is 0 Å². The number of carbonyl (C=O) groups is 2. The van der Waals surface area contributed by atoms with Gasteiger partial charge in [0.1, 0.15) is 6.10 Å². The first kappa shape index (κ1) is 23.3. The number of amides is 2. The van der Waals surface area contributed by atoms with Crippen molar-refractivity contribution in [2.75, 3.05) is 36.2 Å². The molecule has 1 fully saturated rings. The van der Waals surface area contributed by atoms with Crippen molar-refractivity contribution in [3.05, 3.63) is 48.2 Å². The van der Waals surface area contributed by atoms with Gasteiger partial charge < -0.3 is 25.2 Å². The number of thioether (sulfide) groups is 1. The average Bonchev–Trinajstić information content (AvgIpc) is 3.27. The highest BCUT2D eigenvalue weighted by molar-refractivity contribution is 8.00. The number of hydrogen-bond acceptors (Lipinski definition) is 9. The fourth-order valence-electron chi connectivity index (χ4n) is 4.11. The van der Waals surface area contributed by atoms with Crippen LogP contribution in [0.3, 0.4) is 0 Å². The standard InChI is InChI=1S/C24H25N5O5S/c1-33-22-5-3-16-23(28-22)14(6-9-26-16)11-25-8-7-18(30)19-12-29(24(32)34-19)15-2-4-20-17(10-15)27-21(31)13-35-20/h2-6,9-10,18-19,25,30H,7-8,11-13H2,1H3,(H,27,31)/t18-,19?/m0/s1. The van der Waals surface area contributed by atoms with E-state index in [2.05, 4.69) is 20.6 Å². The Kier molecular flexibility index (Phi) is 6.71. The zero-order chi connectivity index (χ0) is 24.4. The number of cyclic esters (lactones) is 1. The molecule has 2 atom stereocenters. The van der Waals surface area contributed by atoms with Crippen LogP contribution in [0.2, 0.25) is 0 Å². The Morgan fingerprint density at radius 3 is 3.06 bits per heavy atom. The van der Waals surface area contributed by atoms with Crippen LogP contribution in [0.5, 0.6) is 5.88 Å². The van der Waals surface area contributed by atoms with Crippen LogP contribution in [0, 0.1) is 0 Å². The minimum atomic E-state index is -0.822. The van der Waals surface area contributed by atoms with Crippen LogP contribution in [-0.4, -0.2) is 65.2 Å². The molecule has 0 spiro atoms. The zero-order valence-corrected chi connectivity index (χ0v) is 19.9. The molecule has 3 aromatic rings. The third-order valence-corrected chi connectivity index (χ3v) is 7.03. The summed E-state index contributed by atoms with van der Waals surface area (Å²) < 4.78 is 10.7. The van der Waals surface area contributed by atoms with Gasteiger partial charge in [0.05, 0.1) is 42.2 Å². The van der Waals surface area contributed by atoms with E-state index in [0.717, 1.165) is 21.5 Å². The number of methoxy groups -OCH3 is 1. The first-order chi connectivity index (χ1) is 17.0. The fourth-order valence-corrected chi connectivity index (χ4v) is 4.90. The molecular weight excluding hydrogens is 470 g/mol. The lowest BCUT2D eigenvalue weighted by atomic mass is 10.1. The zero-order valence-electron chi connectivity index (χ0n) is 19.1. The first-order valence-corrected chi connectivity index (χ1v) is 12.2. The molecule has 2 aliphatic heterocycles. The summed E-state index contributed by atoms with van der Waals surface area (Å²) in [7, 11) is 1.57. The van der Waals surface area contributed by atoms with Gasteiger partial charge >= 0.3 is 6.09 Å². The number of nitrogens with one attached hydrogen (secondary N) is 2. The van der Waals surface area contributed by atoms with Gasteiger partial charge in [0.15, 0.2) is 0 Å². The number of benzene rings is 1. The molecule has 4 heterocycles. The summed E-state index contributed by atoms with van der Waals surface area (Å²) in [6.07, 6.45) is 0.163. The normalized spacial score (nSPS) is 18.2. The summed E-state index contributed by atoms with van der Waals surface area (Å²) in [5, 5.41) is 16.8. The van der Waals surface area contributed by atoms with E-state index in [9.17, 15) is 14.7 Å². The summed E-state index contributed by atoms with van der Waals surface area (Å²) in [5.41, 5.74) is 3.82. The van der Waals surface area contributed by atoms with Crippen LogP contribution in [0.1, 0.15) is 12.0 Å². The van der Waals surface area contributed by atoms with Gasteiger partial charge in [0.2, 0.25) is 11.8 Å². The maximum absolute atomic E-state index is 12.5.